The minimum absolute atomic E-state index is 0.460. The zero-order valence-corrected chi connectivity index (χ0v) is 12.6. The predicted octanol–water partition coefficient (Wildman–Crippen LogP) is 4.46. The highest BCUT2D eigenvalue weighted by Gasteiger charge is 2.15. The third-order valence-corrected chi connectivity index (χ3v) is 6.11. The Morgan fingerprint density at radius 2 is 2.28 bits per heavy atom. The van der Waals surface area contributed by atoms with Crippen molar-refractivity contribution < 1.29 is 0 Å². The van der Waals surface area contributed by atoms with Crippen molar-refractivity contribution in [2.24, 2.45) is 0 Å². The molecule has 0 amide bonds. The Morgan fingerprint density at radius 3 is 3.00 bits per heavy atom. The van der Waals surface area contributed by atoms with Gasteiger partial charge in [0.15, 0.2) is 0 Å². The second-order valence-electron chi connectivity index (χ2n) is 5.09. The van der Waals surface area contributed by atoms with Gasteiger partial charge in [-0.2, -0.15) is 0 Å². The molecule has 0 saturated heterocycles. The first-order valence-electron chi connectivity index (χ1n) is 6.62. The zero-order valence-electron chi connectivity index (χ0n) is 11.0. The van der Waals surface area contributed by atoms with Gasteiger partial charge in [0.2, 0.25) is 0 Å². The highest BCUT2D eigenvalue weighted by molar-refractivity contribution is 7.12. The van der Waals surface area contributed by atoms with Gasteiger partial charge < -0.3 is 5.32 Å². The van der Waals surface area contributed by atoms with Gasteiger partial charge in [-0.25, -0.2) is 0 Å². The number of hydrogen-bond donors (Lipinski definition) is 1. The Kier molecular flexibility index (Phi) is 3.55. The van der Waals surface area contributed by atoms with E-state index in [1.54, 1.807) is 10.4 Å². The fourth-order valence-electron chi connectivity index (χ4n) is 2.65. The van der Waals surface area contributed by atoms with Crippen molar-refractivity contribution in [3.05, 3.63) is 43.3 Å². The highest BCUT2D eigenvalue weighted by atomic mass is 32.1. The van der Waals surface area contributed by atoms with Crippen LogP contribution in [-0.4, -0.2) is 0 Å². The van der Waals surface area contributed by atoms with Crippen molar-refractivity contribution in [1.82, 2.24) is 5.32 Å². The fourth-order valence-corrected chi connectivity index (χ4v) is 4.82. The smallest absolute Gasteiger partial charge is 0.0391 e. The van der Waals surface area contributed by atoms with Crippen molar-refractivity contribution in [3.63, 3.8) is 0 Å². The van der Waals surface area contributed by atoms with Crippen LogP contribution in [0.2, 0.25) is 0 Å². The molecule has 2 aromatic rings. The van der Waals surface area contributed by atoms with E-state index in [0.29, 0.717) is 6.04 Å². The van der Waals surface area contributed by atoms with Gasteiger partial charge >= 0.3 is 0 Å². The number of thiophene rings is 2. The van der Waals surface area contributed by atoms with Crippen LogP contribution in [0.4, 0.5) is 0 Å². The standard InChI is InChI=1S/C15H19NS2/c1-10-6-7-17-15(10)11(2)16-9-13-8-12-4-3-5-14(12)18-13/h6-8,11,16H,3-5,9H2,1-2H3. The maximum absolute atomic E-state index is 3.65. The highest BCUT2D eigenvalue weighted by Crippen LogP contribution is 2.31. The molecule has 0 saturated carbocycles. The van der Waals surface area contributed by atoms with E-state index >= 15 is 0 Å². The van der Waals surface area contributed by atoms with Crippen LogP contribution in [0.5, 0.6) is 0 Å². The van der Waals surface area contributed by atoms with Crippen LogP contribution >= 0.6 is 22.7 Å². The number of hydrogen-bond acceptors (Lipinski definition) is 3. The number of rotatable bonds is 4. The fraction of sp³-hybridized carbons (Fsp3) is 0.467. The van der Waals surface area contributed by atoms with Crippen LogP contribution in [0, 0.1) is 6.92 Å². The van der Waals surface area contributed by atoms with Crippen molar-refractivity contribution in [2.45, 2.75) is 45.7 Å². The molecule has 0 radical (unpaired) electrons. The Balaban J connectivity index is 1.62. The van der Waals surface area contributed by atoms with Gasteiger partial charge in [0.1, 0.15) is 0 Å². The molecule has 1 aliphatic carbocycles. The largest absolute Gasteiger partial charge is 0.305 e. The molecule has 0 aromatic carbocycles. The summed E-state index contributed by atoms with van der Waals surface area (Å²) in [6.07, 6.45) is 3.96. The molecule has 1 N–H and O–H groups in total. The third-order valence-electron chi connectivity index (χ3n) is 3.68. The average Bonchev–Trinajstić information content (AvgIpc) is 3.00. The lowest BCUT2D eigenvalue weighted by molar-refractivity contribution is 0.585. The van der Waals surface area contributed by atoms with Crippen LogP contribution in [-0.2, 0) is 19.4 Å². The Labute approximate surface area is 117 Å². The molecule has 0 spiro atoms. The monoisotopic (exact) mass is 277 g/mol. The van der Waals surface area contributed by atoms with Gasteiger partial charge in [0.25, 0.3) is 0 Å². The quantitative estimate of drug-likeness (QED) is 0.870. The molecular formula is C15H19NS2. The van der Waals surface area contributed by atoms with Gasteiger partial charge in [-0.3, -0.25) is 0 Å². The van der Waals surface area contributed by atoms with E-state index in [2.05, 4.69) is 36.7 Å². The lowest BCUT2D eigenvalue weighted by Gasteiger charge is -2.12. The summed E-state index contributed by atoms with van der Waals surface area (Å²) in [5, 5.41) is 5.83. The molecule has 3 heteroatoms. The zero-order chi connectivity index (χ0) is 12.5. The van der Waals surface area contributed by atoms with Crippen LogP contribution in [0.15, 0.2) is 17.5 Å². The summed E-state index contributed by atoms with van der Waals surface area (Å²) in [5.74, 6) is 0. The summed E-state index contributed by atoms with van der Waals surface area (Å²) in [4.78, 5) is 4.60. The van der Waals surface area contributed by atoms with Crippen molar-refractivity contribution in [3.8, 4) is 0 Å². The first-order valence-corrected chi connectivity index (χ1v) is 8.31. The van der Waals surface area contributed by atoms with E-state index < -0.39 is 0 Å². The molecule has 2 aromatic heterocycles. The van der Waals surface area contributed by atoms with Crippen molar-refractivity contribution in [1.29, 1.82) is 0 Å². The number of fused-ring (bicyclic) bond motifs is 1. The SMILES string of the molecule is Cc1ccsc1C(C)NCc1cc2c(s1)CCC2. The molecule has 0 fully saturated rings. The minimum atomic E-state index is 0.460. The molecular weight excluding hydrogens is 258 g/mol. The summed E-state index contributed by atoms with van der Waals surface area (Å²) >= 11 is 3.86. The van der Waals surface area contributed by atoms with Crippen LogP contribution in [0.25, 0.3) is 0 Å². The number of aryl methyl sites for hydroxylation is 3. The Hall–Kier alpha value is -0.640. The lowest BCUT2D eigenvalue weighted by Crippen LogP contribution is -2.17. The molecule has 1 nitrogen and oxygen atoms in total. The normalized spacial score (nSPS) is 15.9. The summed E-state index contributed by atoms with van der Waals surface area (Å²) < 4.78 is 0. The van der Waals surface area contributed by atoms with E-state index in [1.807, 2.05) is 22.7 Å². The van der Waals surface area contributed by atoms with Crippen LogP contribution in [0.1, 0.15) is 45.1 Å². The lowest BCUT2D eigenvalue weighted by atomic mass is 10.2. The molecule has 18 heavy (non-hydrogen) atoms. The van der Waals surface area contributed by atoms with E-state index in [-0.39, 0.29) is 0 Å². The second kappa shape index (κ2) is 5.16. The Morgan fingerprint density at radius 1 is 1.39 bits per heavy atom. The summed E-state index contributed by atoms with van der Waals surface area (Å²) in [5.41, 5.74) is 3.02. The van der Waals surface area contributed by atoms with Gasteiger partial charge in [0, 0.05) is 27.2 Å². The molecule has 2 heterocycles. The van der Waals surface area contributed by atoms with Crippen LogP contribution < -0.4 is 5.32 Å². The molecule has 1 unspecified atom stereocenters. The third kappa shape index (κ3) is 2.40. The van der Waals surface area contributed by atoms with Crippen molar-refractivity contribution in [2.75, 3.05) is 0 Å². The number of nitrogens with one attached hydrogen (secondary N) is 1. The summed E-state index contributed by atoms with van der Waals surface area (Å²) in [6, 6.07) is 5.08. The van der Waals surface area contributed by atoms with E-state index in [1.165, 1.54) is 34.6 Å². The summed E-state index contributed by atoms with van der Waals surface area (Å²) in [7, 11) is 0. The van der Waals surface area contributed by atoms with Gasteiger partial charge in [-0.1, -0.05) is 0 Å². The Bertz CT molecular complexity index is 517. The molecule has 0 bridgehead atoms. The topological polar surface area (TPSA) is 12.0 Å². The maximum atomic E-state index is 3.65. The van der Waals surface area contributed by atoms with Gasteiger partial charge in [0.05, 0.1) is 0 Å². The molecule has 96 valence electrons. The molecule has 0 aliphatic heterocycles. The van der Waals surface area contributed by atoms with E-state index in [0.717, 1.165) is 6.54 Å². The second-order valence-corrected chi connectivity index (χ2v) is 7.25. The van der Waals surface area contributed by atoms with Gasteiger partial charge in [-0.15, -0.1) is 22.7 Å². The summed E-state index contributed by atoms with van der Waals surface area (Å²) in [6.45, 7) is 5.47. The van der Waals surface area contributed by atoms with E-state index in [4.69, 9.17) is 0 Å². The van der Waals surface area contributed by atoms with Crippen LogP contribution in [0.3, 0.4) is 0 Å². The first kappa shape index (κ1) is 12.4. The van der Waals surface area contributed by atoms with E-state index in [9.17, 15) is 0 Å². The molecule has 3 rings (SSSR count). The first-order chi connectivity index (χ1) is 8.74. The maximum Gasteiger partial charge on any atom is 0.0391 e. The molecule has 1 aliphatic rings. The molecule has 1 atom stereocenters. The van der Waals surface area contributed by atoms with Gasteiger partial charge in [-0.05, 0) is 61.7 Å². The average molecular weight is 277 g/mol. The predicted molar refractivity (Wildman–Crippen MR) is 80.7 cm³/mol. The minimum Gasteiger partial charge on any atom is -0.305 e. The van der Waals surface area contributed by atoms with Crippen molar-refractivity contribution >= 4 is 22.7 Å².